The zero-order valence-corrected chi connectivity index (χ0v) is 17.1. The van der Waals surface area contributed by atoms with Crippen LogP contribution in [0.5, 0.6) is 0 Å². The fourth-order valence-corrected chi connectivity index (χ4v) is 4.12. The van der Waals surface area contributed by atoms with Gasteiger partial charge in [-0.2, -0.15) is 13.2 Å². The predicted octanol–water partition coefficient (Wildman–Crippen LogP) is 4.48. The van der Waals surface area contributed by atoms with Gasteiger partial charge in [-0.1, -0.05) is 30.3 Å². The van der Waals surface area contributed by atoms with E-state index in [0.717, 1.165) is 10.9 Å². The molecule has 32 heavy (non-hydrogen) atoms. The Hall–Kier alpha value is -3.62. The Kier molecular flexibility index (Phi) is 4.96. The number of rotatable bonds is 2. The summed E-state index contributed by atoms with van der Waals surface area (Å²) in [6.45, 7) is 1.77. The van der Waals surface area contributed by atoms with Gasteiger partial charge in [0.25, 0.3) is 5.91 Å². The topological polar surface area (TPSA) is 65.1 Å². The molecule has 1 fully saturated rings. The van der Waals surface area contributed by atoms with E-state index in [9.17, 15) is 18.0 Å². The molecule has 4 aromatic rings. The van der Waals surface area contributed by atoms with Gasteiger partial charge in [-0.25, -0.2) is 9.97 Å². The molecule has 0 atom stereocenters. The number of H-pyrrole nitrogens is 1. The van der Waals surface area contributed by atoms with Crippen LogP contribution >= 0.6 is 0 Å². The first-order valence-corrected chi connectivity index (χ1v) is 10.4. The maximum absolute atomic E-state index is 13.4. The highest BCUT2D eigenvalue weighted by Crippen LogP contribution is 2.32. The SMILES string of the molecule is O=C(c1cc2ccccc2[nH]1)N1CCCN(c2nc(C(F)(F)F)nc3ccccc23)CC1. The molecule has 1 saturated heterocycles. The second kappa shape index (κ2) is 7.81. The number of para-hydroxylation sites is 2. The lowest BCUT2D eigenvalue weighted by molar-refractivity contribution is -0.144. The van der Waals surface area contributed by atoms with Crippen LogP contribution in [0, 0.1) is 0 Å². The summed E-state index contributed by atoms with van der Waals surface area (Å²) in [6, 6.07) is 16.2. The molecule has 5 rings (SSSR count). The van der Waals surface area contributed by atoms with E-state index in [-0.39, 0.29) is 17.2 Å². The van der Waals surface area contributed by atoms with E-state index in [1.807, 2.05) is 35.2 Å². The van der Waals surface area contributed by atoms with Crippen LogP contribution in [0.2, 0.25) is 0 Å². The summed E-state index contributed by atoms with van der Waals surface area (Å²) in [6.07, 6.45) is -4.02. The van der Waals surface area contributed by atoms with Gasteiger partial charge in [0.05, 0.1) is 5.52 Å². The maximum Gasteiger partial charge on any atom is 0.451 e. The van der Waals surface area contributed by atoms with E-state index in [2.05, 4.69) is 15.0 Å². The number of nitrogens with zero attached hydrogens (tertiary/aromatic N) is 4. The summed E-state index contributed by atoms with van der Waals surface area (Å²) in [4.78, 5) is 27.3. The van der Waals surface area contributed by atoms with Gasteiger partial charge in [-0.15, -0.1) is 0 Å². The van der Waals surface area contributed by atoms with Crippen LogP contribution in [0.4, 0.5) is 19.0 Å². The molecule has 1 aliphatic rings. The van der Waals surface area contributed by atoms with Crippen molar-refractivity contribution in [1.82, 2.24) is 19.9 Å². The third-order valence-electron chi connectivity index (χ3n) is 5.68. The number of aromatic amines is 1. The minimum atomic E-state index is -4.64. The van der Waals surface area contributed by atoms with E-state index in [1.54, 1.807) is 29.2 Å². The molecule has 0 unspecified atom stereocenters. The highest BCUT2D eigenvalue weighted by molar-refractivity contribution is 5.98. The highest BCUT2D eigenvalue weighted by Gasteiger charge is 2.36. The molecule has 3 heterocycles. The zero-order valence-electron chi connectivity index (χ0n) is 17.1. The molecule has 164 valence electrons. The number of anilines is 1. The molecule has 0 spiro atoms. The Morgan fingerprint density at radius 1 is 0.938 bits per heavy atom. The Morgan fingerprint density at radius 2 is 1.72 bits per heavy atom. The molecule has 1 aliphatic heterocycles. The molecular formula is C23H20F3N5O. The van der Waals surface area contributed by atoms with Gasteiger partial charge in [0.15, 0.2) is 0 Å². The van der Waals surface area contributed by atoms with Crippen molar-refractivity contribution in [1.29, 1.82) is 0 Å². The van der Waals surface area contributed by atoms with Crippen molar-refractivity contribution in [3.63, 3.8) is 0 Å². The van der Waals surface area contributed by atoms with E-state index in [1.165, 1.54) is 0 Å². The first kappa shape index (κ1) is 20.3. The van der Waals surface area contributed by atoms with E-state index in [4.69, 9.17) is 0 Å². The zero-order chi connectivity index (χ0) is 22.3. The smallest absolute Gasteiger partial charge is 0.354 e. The fourth-order valence-electron chi connectivity index (χ4n) is 4.12. The highest BCUT2D eigenvalue weighted by atomic mass is 19.4. The minimum absolute atomic E-state index is 0.119. The quantitative estimate of drug-likeness (QED) is 0.500. The van der Waals surface area contributed by atoms with Crippen molar-refractivity contribution in [3.8, 4) is 0 Å². The lowest BCUT2D eigenvalue weighted by Gasteiger charge is -2.24. The first-order chi connectivity index (χ1) is 15.4. The Labute approximate surface area is 181 Å². The molecule has 6 nitrogen and oxygen atoms in total. The molecule has 0 radical (unpaired) electrons. The van der Waals surface area contributed by atoms with Crippen LogP contribution in [0.1, 0.15) is 22.7 Å². The molecule has 9 heteroatoms. The van der Waals surface area contributed by atoms with Crippen LogP contribution in [0.15, 0.2) is 54.6 Å². The molecule has 0 bridgehead atoms. The van der Waals surface area contributed by atoms with E-state index in [0.29, 0.717) is 43.7 Å². The number of carbonyl (C=O) groups is 1. The molecule has 2 aromatic carbocycles. The van der Waals surface area contributed by atoms with Gasteiger partial charge >= 0.3 is 6.18 Å². The minimum Gasteiger partial charge on any atom is -0.354 e. The van der Waals surface area contributed by atoms with Gasteiger partial charge in [0.1, 0.15) is 11.5 Å². The summed E-state index contributed by atoms with van der Waals surface area (Å²) >= 11 is 0. The van der Waals surface area contributed by atoms with Gasteiger partial charge in [-0.3, -0.25) is 4.79 Å². The van der Waals surface area contributed by atoms with Gasteiger partial charge < -0.3 is 14.8 Å². The Morgan fingerprint density at radius 3 is 2.53 bits per heavy atom. The summed E-state index contributed by atoms with van der Waals surface area (Å²) in [5.74, 6) is -1.02. The average molecular weight is 439 g/mol. The average Bonchev–Trinajstić information content (AvgIpc) is 3.07. The van der Waals surface area contributed by atoms with Gasteiger partial charge in [0, 0.05) is 42.5 Å². The van der Waals surface area contributed by atoms with Crippen molar-refractivity contribution >= 4 is 33.5 Å². The summed E-state index contributed by atoms with van der Waals surface area (Å²) < 4.78 is 40.2. The van der Waals surface area contributed by atoms with Gasteiger partial charge in [-0.05, 0) is 30.7 Å². The van der Waals surface area contributed by atoms with Crippen molar-refractivity contribution in [3.05, 3.63) is 66.1 Å². The summed E-state index contributed by atoms with van der Waals surface area (Å²) in [7, 11) is 0. The lowest BCUT2D eigenvalue weighted by Crippen LogP contribution is -2.35. The molecule has 1 amide bonds. The summed E-state index contributed by atoms with van der Waals surface area (Å²) in [5.41, 5.74) is 1.64. The molecule has 2 aromatic heterocycles. The lowest BCUT2D eigenvalue weighted by atomic mass is 10.2. The normalized spacial score (nSPS) is 15.3. The van der Waals surface area contributed by atoms with Crippen LogP contribution in [0.3, 0.4) is 0 Å². The molecule has 0 saturated carbocycles. The number of benzene rings is 2. The van der Waals surface area contributed by atoms with E-state index >= 15 is 0 Å². The molecule has 0 aliphatic carbocycles. The third-order valence-corrected chi connectivity index (χ3v) is 5.68. The fraction of sp³-hybridized carbons (Fsp3) is 0.261. The third kappa shape index (κ3) is 3.74. The number of fused-ring (bicyclic) bond motifs is 2. The number of carbonyl (C=O) groups excluding carboxylic acids is 1. The number of nitrogens with one attached hydrogen (secondary N) is 1. The van der Waals surface area contributed by atoms with Crippen molar-refractivity contribution in [2.75, 3.05) is 31.1 Å². The van der Waals surface area contributed by atoms with Crippen molar-refractivity contribution < 1.29 is 18.0 Å². The Bertz CT molecular complexity index is 1270. The number of hydrogen-bond acceptors (Lipinski definition) is 4. The van der Waals surface area contributed by atoms with Crippen LogP contribution in [-0.4, -0.2) is 51.9 Å². The van der Waals surface area contributed by atoms with Crippen LogP contribution in [-0.2, 0) is 6.18 Å². The van der Waals surface area contributed by atoms with Gasteiger partial charge in [0.2, 0.25) is 5.82 Å². The second-order valence-electron chi connectivity index (χ2n) is 7.79. The van der Waals surface area contributed by atoms with Crippen LogP contribution < -0.4 is 4.90 Å². The van der Waals surface area contributed by atoms with E-state index < -0.39 is 12.0 Å². The maximum atomic E-state index is 13.4. The number of amides is 1. The Balaban J connectivity index is 1.42. The summed E-state index contributed by atoms with van der Waals surface area (Å²) in [5, 5.41) is 1.52. The predicted molar refractivity (Wildman–Crippen MR) is 116 cm³/mol. The second-order valence-corrected chi connectivity index (χ2v) is 7.79. The number of halogens is 3. The standard InChI is InChI=1S/C23H20F3N5O/c24-23(25,26)22-28-18-9-4-2-7-16(18)20(29-22)30-10-5-11-31(13-12-30)21(32)19-14-15-6-1-3-8-17(15)27-19/h1-4,6-9,14,27H,5,10-13H2. The first-order valence-electron chi connectivity index (χ1n) is 10.4. The molecule has 1 N–H and O–H groups in total. The molecular weight excluding hydrogens is 419 g/mol. The number of hydrogen-bond donors (Lipinski definition) is 1. The number of aromatic nitrogens is 3. The monoisotopic (exact) mass is 439 g/mol. The van der Waals surface area contributed by atoms with Crippen LogP contribution in [0.25, 0.3) is 21.8 Å². The largest absolute Gasteiger partial charge is 0.451 e. The number of alkyl halides is 3. The van der Waals surface area contributed by atoms with Crippen molar-refractivity contribution in [2.24, 2.45) is 0 Å². The van der Waals surface area contributed by atoms with Crippen molar-refractivity contribution in [2.45, 2.75) is 12.6 Å².